The first-order chi connectivity index (χ1) is 14.6. The predicted octanol–water partition coefficient (Wildman–Crippen LogP) is 5.19. The topological polar surface area (TPSA) is 85.6 Å². The predicted molar refractivity (Wildman–Crippen MR) is 115 cm³/mol. The van der Waals surface area contributed by atoms with Crippen molar-refractivity contribution >= 4 is 34.2 Å². The molecule has 0 atom stereocenters. The molecule has 1 aromatic heterocycles. The molecule has 0 bridgehead atoms. The minimum atomic E-state index is 0.215. The number of nitriles is 1. The number of methoxy groups -OCH3 is 2. The number of ether oxygens (including phenoxy) is 4. The normalized spacial score (nSPS) is 12.4. The number of anilines is 1. The van der Waals surface area contributed by atoms with E-state index in [4.69, 9.17) is 30.5 Å². The number of fused-ring (bicyclic) bond motifs is 1. The zero-order chi connectivity index (χ0) is 21.1. The summed E-state index contributed by atoms with van der Waals surface area (Å²) in [6, 6.07) is 11.1. The van der Waals surface area contributed by atoms with Gasteiger partial charge in [0.25, 0.3) is 0 Å². The average molecular weight is 442 g/mol. The molecule has 3 aromatic rings. The van der Waals surface area contributed by atoms with E-state index in [2.05, 4.69) is 16.4 Å². The highest BCUT2D eigenvalue weighted by molar-refractivity contribution is 7.11. The van der Waals surface area contributed by atoms with Crippen LogP contribution in [-0.4, -0.2) is 26.0 Å². The van der Waals surface area contributed by atoms with E-state index in [1.54, 1.807) is 18.3 Å². The molecule has 0 spiro atoms. The molecule has 2 heterocycles. The van der Waals surface area contributed by atoms with Gasteiger partial charge in [0.05, 0.1) is 30.6 Å². The molecule has 30 heavy (non-hydrogen) atoms. The number of nitrogens with zero attached hydrogens (tertiary/aromatic N) is 2. The van der Waals surface area contributed by atoms with Crippen molar-refractivity contribution in [1.82, 2.24) is 4.98 Å². The van der Waals surface area contributed by atoms with Gasteiger partial charge in [0.2, 0.25) is 6.79 Å². The first kappa shape index (κ1) is 19.9. The Morgan fingerprint density at radius 2 is 2.00 bits per heavy atom. The number of nitrogens with one attached hydrogen (secondary N) is 1. The summed E-state index contributed by atoms with van der Waals surface area (Å²) in [4.78, 5) is 4.59. The molecule has 0 aliphatic carbocycles. The van der Waals surface area contributed by atoms with Crippen LogP contribution in [0.3, 0.4) is 0 Å². The molecule has 1 aliphatic rings. The number of rotatable bonds is 6. The van der Waals surface area contributed by atoms with Gasteiger partial charge in [-0.05, 0) is 18.2 Å². The van der Waals surface area contributed by atoms with Crippen LogP contribution in [-0.2, 0) is 0 Å². The molecule has 1 aliphatic heterocycles. The zero-order valence-corrected chi connectivity index (χ0v) is 17.6. The van der Waals surface area contributed by atoms with Gasteiger partial charge in [0.1, 0.15) is 28.1 Å². The van der Waals surface area contributed by atoms with Crippen molar-refractivity contribution in [1.29, 1.82) is 5.26 Å². The van der Waals surface area contributed by atoms with E-state index >= 15 is 0 Å². The van der Waals surface area contributed by atoms with E-state index < -0.39 is 0 Å². The number of allylic oxidation sites excluding steroid dienone is 1. The summed E-state index contributed by atoms with van der Waals surface area (Å²) in [6.45, 7) is 0.215. The third-order valence-electron chi connectivity index (χ3n) is 4.37. The third-order valence-corrected chi connectivity index (χ3v) is 5.54. The van der Waals surface area contributed by atoms with Crippen LogP contribution >= 0.6 is 22.9 Å². The molecule has 152 valence electrons. The maximum atomic E-state index is 9.63. The van der Waals surface area contributed by atoms with Gasteiger partial charge < -0.3 is 24.3 Å². The average Bonchev–Trinajstić information content (AvgIpc) is 3.44. The van der Waals surface area contributed by atoms with Crippen LogP contribution in [0.1, 0.15) is 5.01 Å². The number of aromatic nitrogens is 1. The van der Waals surface area contributed by atoms with Crippen molar-refractivity contribution in [3.63, 3.8) is 0 Å². The quantitative estimate of drug-likeness (QED) is 0.527. The fraction of sp³-hybridized carbons (Fsp3) is 0.143. The molecule has 7 nitrogen and oxygen atoms in total. The maximum absolute atomic E-state index is 9.63. The van der Waals surface area contributed by atoms with E-state index in [-0.39, 0.29) is 6.79 Å². The summed E-state index contributed by atoms with van der Waals surface area (Å²) in [5.41, 5.74) is 2.62. The molecule has 0 amide bonds. The number of hydrogen-bond donors (Lipinski definition) is 1. The summed E-state index contributed by atoms with van der Waals surface area (Å²) < 4.78 is 21.4. The molecule has 0 saturated heterocycles. The lowest BCUT2D eigenvalue weighted by Gasteiger charge is -2.12. The van der Waals surface area contributed by atoms with Crippen LogP contribution in [0.2, 0.25) is 5.02 Å². The minimum absolute atomic E-state index is 0.215. The Balaban J connectivity index is 1.60. The smallest absolute Gasteiger partial charge is 0.231 e. The number of benzene rings is 2. The van der Waals surface area contributed by atoms with E-state index in [1.807, 2.05) is 23.6 Å². The van der Waals surface area contributed by atoms with E-state index in [0.717, 1.165) is 11.3 Å². The molecule has 9 heteroatoms. The number of hydrogen-bond acceptors (Lipinski definition) is 8. The Morgan fingerprint density at radius 3 is 2.77 bits per heavy atom. The van der Waals surface area contributed by atoms with E-state index in [0.29, 0.717) is 44.3 Å². The number of halogens is 1. The Labute approximate surface area is 182 Å². The standard InChI is InChI=1S/C21H16ClN3O4S/c1-26-18-7-15(19(27-2)6-14(18)22)24-9-13(8-23)21-25-16(10-30-21)12-3-4-17-20(5-12)29-11-28-17/h3-7,9-10,24H,11H2,1-2H3. The second-order valence-corrected chi connectivity index (χ2v) is 7.37. The zero-order valence-electron chi connectivity index (χ0n) is 16.1. The largest absolute Gasteiger partial charge is 0.495 e. The van der Waals surface area contributed by atoms with E-state index in [9.17, 15) is 5.26 Å². The second kappa shape index (κ2) is 8.53. The van der Waals surface area contributed by atoms with Crippen LogP contribution in [0.25, 0.3) is 16.8 Å². The molecular weight excluding hydrogens is 426 g/mol. The summed E-state index contributed by atoms with van der Waals surface area (Å²) in [6.07, 6.45) is 1.58. The van der Waals surface area contributed by atoms with Gasteiger partial charge in [0, 0.05) is 29.3 Å². The van der Waals surface area contributed by atoms with Crippen LogP contribution < -0.4 is 24.3 Å². The van der Waals surface area contributed by atoms with Crippen LogP contribution in [0.5, 0.6) is 23.0 Å². The molecule has 0 unspecified atom stereocenters. The fourth-order valence-electron chi connectivity index (χ4n) is 2.85. The summed E-state index contributed by atoms with van der Waals surface area (Å²) in [5.74, 6) is 2.41. The van der Waals surface area contributed by atoms with Crippen molar-refractivity contribution in [3.05, 3.63) is 51.9 Å². The summed E-state index contributed by atoms with van der Waals surface area (Å²) >= 11 is 7.51. The molecular formula is C21H16ClN3O4S. The highest BCUT2D eigenvalue weighted by Gasteiger charge is 2.16. The Bertz CT molecular complexity index is 1170. The van der Waals surface area contributed by atoms with Crippen molar-refractivity contribution in [2.45, 2.75) is 0 Å². The van der Waals surface area contributed by atoms with Crippen molar-refractivity contribution in [2.24, 2.45) is 0 Å². The van der Waals surface area contributed by atoms with Gasteiger partial charge in [-0.25, -0.2) is 4.98 Å². The third kappa shape index (κ3) is 3.85. The van der Waals surface area contributed by atoms with Gasteiger partial charge >= 0.3 is 0 Å². The summed E-state index contributed by atoms with van der Waals surface area (Å²) in [7, 11) is 3.07. The Hall–Kier alpha value is -3.41. The molecule has 0 radical (unpaired) electrons. The first-order valence-corrected chi connectivity index (χ1v) is 10.0. The van der Waals surface area contributed by atoms with Crippen molar-refractivity contribution in [2.75, 3.05) is 26.3 Å². The van der Waals surface area contributed by atoms with Gasteiger partial charge in [-0.15, -0.1) is 11.3 Å². The highest BCUT2D eigenvalue weighted by Crippen LogP contribution is 2.38. The lowest BCUT2D eigenvalue weighted by molar-refractivity contribution is 0.174. The van der Waals surface area contributed by atoms with Crippen molar-refractivity contribution < 1.29 is 18.9 Å². The number of thiazole rings is 1. The Morgan fingerprint density at radius 1 is 1.20 bits per heavy atom. The maximum Gasteiger partial charge on any atom is 0.231 e. The lowest BCUT2D eigenvalue weighted by atomic mass is 10.1. The molecule has 2 aromatic carbocycles. The SMILES string of the molecule is COc1cc(NC=C(C#N)c2nc(-c3ccc4c(c3)OCO4)cs2)c(OC)cc1Cl. The molecule has 1 N–H and O–H groups in total. The van der Waals surface area contributed by atoms with Gasteiger partial charge in [0.15, 0.2) is 11.5 Å². The van der Waals surface area contributed by atoms with Gasteiger partial charge in [-0.1, -0.05) is 11.6 Å². The van der Waals surface area contributed by atoms with Crippen LogP contribution in [0.4, 0.5) is 5.69 Å². The van der Waals surface area contributed by atoms with Crippen molar-refractivity contribution in [3.8, 4) is 40.3 Å². The highest BCUT2D eigenvalue weighted by atomic mass is 35.5. The van der Waals surface area contributed by atoms with Gasteiger partial charge in [-0.3, -0.25) is 0 Å². The second-order valence-electron chi connectivity index (χ2n) is 6.11. The Kier molecular flexibility index (Phi) is 5.65. The molecule has 0 fully saturated rings. The monoisotopic (exact) mass is 441 g/mol. The summed E-state index contributed by atoms with van der Waals surface area (Å²) in [5, 5.41) is 15.6. The minimum Gasteiger partial charge on any atom is -0.495 e. The lowest BCUT2D eigenvalue weighted by Crippen LogP contribution is -1.96. The molecule has 4 rings (SSSR count). The first-order valence-electron chi connectivity index (χ1n) is 8.77. The fourth-order valence-corrected chi connectivity index (χ4v) is 3.88. The van der Waals surface area contributed by atoms with E-state index in [1.165, 1.54) is 25.6 Å². The van der Waals surface area contributed by atoms with Crippen LogP contribution in [0, 0.1) is 11.3 Å². The van der Waals surface area contributed by atoms with Crippen LogP contribution in [0.15, 0.2) is 41.9 Å². The molecule has 0 saturated carbocycles. The van der Waals surface area contributed by atoms with Gasteiger partial charge in [-0.2, -0.15) is 5.26 Å².